The van der Waals surface area contributed by atoms with Gasteiger partial charge in [-0.3, -0.25) is 9.79 Å². The molecule has 7 nitrogen and oxygen atoms in total. The third-order valence-electron chi connectivity index (χ3n) is 4.75. The predicted molar refractivity (Wildman–Crippen MR) is 115 cm³/mol. The number of aryl methyl sites for hydroxylation is 2. The molecule has 0 saturated carbocycles. The number of guanidine groups is 1. The number of amides is 1. The number of hydrogen-bond acceptors (Lipinski definition) is 4. The zero-order valence-corrected chi connectivity index (χ0v) is 17.2. The Balaban J connectivity index is 1.44. The maximum atomic E-state index is 11.4. The normalized spacial score (nSPS) is 13.3. The molecule has 1 amide bonds. The summed E-state index contributed by atoms with van der Waals surface area (Å²) in [5, 5.41) is 9.41. The summed E-state index contributed by atoms with van der Waals surface area (Å²) in [4.78, 5) is 15.7. The highest BCUT2D eigenvalue weighted by Gasteiger charge is 2.15. The van der Waals surface area contributed by atoms with E-state index < -0.39 is 0 Å². The highest BCUT2D eigenvalue weighted by molar-refractivity contribution is 5.94. The number of fused-ring (bicyclic) bond motifs is 1. The Morgan fingerprint density at radius 1 is 1.17 bits per heavy atom. The van der Waals surface area contributed by atoms with Crippen molar-refractivity contribution in [2.75, 3.05) is 32.6 Å². The molecule has 1 heterocycles. The zero-order valence-electron chi connectivity index (χ0n) is 17.2. The number of rotatable bonds is 7. The van der Waals surface area contributed by atoms with Gasteiger partial charge in [-0.2, -0.15) is 0 Å². The van der Waals surface area contributed by atoms with Gasteiger partial charge in [0.1, 0.15) is 18.1 Å². The first-order valence-corrected chi connectivity index (χ1v) is 9.72. The van der Waals surface area contributed by atoms with E-state index in [0.717, 1.165) is 40.3 Å². The van der Waals surface area contributed by atoms with Crippen LogP contribution in [0.2, 0.25) is 0 Å². The van der Waals surface area contributed by atoms with Crippen molar-refractivity contribution in [2.45, 2.75) is 26.3 Å². The van der Waals surface area contributed by atoms with E-state index in [4.69, 9.17) is 9.47 Å². The molecule has 7 heteroatoms. The Morgan fingerprint density at radius 3 is 2.83 bits per heavy atom. The average Bonchev–Trinajstić information content (AvgIpc) is 2.73. The smallest absolute Gasteiger partial charge is 0.224 e. The first kappa shape index (κ1) is 20.5. The van der Waals surface area contributed by atoms with Crippen molar-refractivity contribution in [2.24, 2.45) is 4.99 Å². The molecule has 3 N–H and O–H groups in total. The van der Waals surface area contributed by atoms with E-state index in [-0.39, 0.29) is 5.91 Å². The fourth-order valence-electron chi connectivity index (χ4n) is 3.19. The zero-order chi connectivity index (χ0) is 20.6. The van der Waals surface area contributed by atoms with Crippen molar-refractivity contribution in [1.82, 2.24) is 10.6 Å². The molecule has 0 radical (unpaired) electrons. The minimum absolute atomic E-state index is 0.0671. The molecular weight excluding hydrogens is 368 g/mol. The maximum Gasteiger partial charge on any atom is 0.224 e. The van der Waals surface area contributed by atoms with Gasteiger partial charge in [0.2, 0.25) is 5.91 Å². The lowest BCUT2D eigenvalue weighted by Gasteiger charge is -2.18. The molecule has 3 rings (SSSR count). The van der Waals surface area contributed by atoms with Gasteiger partial charge in [-0.25, -0.2) is 0 Å². The van der Waals surface area contributed by atoms with Crippen LogP contribution >= 0.6 is 0 Å². The monoisotopic (exact) mass is 396 g/mol. The number of hydrogen-bond donors (Lipinski definition) is 3. The molecule has 0 unspecified atom stereocenters. The standard InChI is InChI=1S/C22H28N4O3/c1-15-4-5-17(20(12-15)28-3)14-25-22(23-2)24-10-11-29-18-7-8-19-16(13-18)6-9-21(27)26-19/h4-5,7-8,12-13H,6,9-11,14H2,1-3H3,(H,26,27)(H2,23,24,25). The second-order valence-electron chi connectivity index (χ2n) is 6.88. The SMILES string of the molecule is CN=C(NCCOc1ccc2c(c1)CCC(=O)N2)NCc1ccc(C)cc1OC. The van der Waals surface area contributed by atoms with E-state index in [2.05, 4.69) is 33.1 Å². The molecule has 0 aliphatic carbocycles. The quantitative estimate of drug-likeness (QED) is 0.381. The number of anilines is 1. The summed E-state index contributed by atoms with van der Waals surface area (Å²) in [6.07, 6.45) is 1.27. The van der Waals surface area contributed by atoms with Crippen LogP contribution in [0.4, 0.5) is 5.69 Å². The first-order valence-electron chi connectivity index (χ1n) is 9.72. The molecule has 2 aromatic carbocycles. The molecule has 0 fully saturated rings. The van der Waals surface area contributed by atoms with Gasteiger partial charge < -0.3 is 25.4 Å². The minimum Gasteiger partial charge on any atom is -0.496 e. The van der Waals surface area contributed by atoms with E-state index in [1.54, 1.807) is 14.2 Å². The van der Waals surface area contributed by atoms with Crippen LogP contribution in [0, 0.1) is 6.92 Å². The van der Waals surface area contributed by atoms with Gasteiger partial charge in [-0.15, -0.1) is 0 Å². The van der Waals surface area contributed by atoms with E-state index in [0.29, 0.717) is 32.1 Å². The first-order chi connectivity index (χ1) is 14.1. The Labute approximate surface area is 171 Å². The van der Waals surface area contributed by atoms with Gasteiger partial charge in [0, 0.05) is 31.3 Å². The number of nitrogens with one attached hydrogen (secondary N) is 3. The highest BCUT2D eigenvalue weighted by atomic mass is 16.5. The fourth-order valence-corrected chi connectivity index (χ4v) is 3.19. The van der Waals surface area contributed by atoms with E-state index in [1.807, 2.05) is 31.2 Å². The second kappa shape index (κ2) is 9.82. The largest absolute Gasteiger partial charge is 0.496 e. The van der Waals surface area contributed by atoms with E-state index >= 15 is 0 Å². The maximum absolute atomic E-state index is 11.4. The summed E-state index contributed by atoms with van der Waals surface area (Å²) >= 11 is 0. The third-order valence-corrected chi connectivity index (χ3v) is 4.75. The number of nitrogens with zero attached hydrogens (tertiary/aromatic N) is 1. The highest BCUT2D eigenvalue weighted by Crippen LogP contribution is 2.26. The topological polar surface area (TPSA) is 84.0 Å². The summed E-state index contributed by atoms with van der Waals surface area (Å²) in [6, 6.07) is 11.9. The lowest BCUT2D eigenvalue weighted by Crippen LogP contribution is -2.38. The van der Waals surface area contributed by atoms with E-state index in [1.165, 1.54) is 0 Å². The van der Waals surface area contributed by atoms with Crippen LogP contribution in [0.5, 0.6) is 11.5 Å². The fraction of sp³-hybridized carbons (Fsp3) is 0.364. The number of carbonyl (C=O) groups is 1. The van der Waals surface area contributed by atoms with Crippen molar-refractivity contribution >= 4 is 17.6 Å². The lowest BCUT2D eigenvalue weighted by molar-refractivity contribution is -0.116. The average molecular weight is 396 g/mol. The Bertz CT molecular complexity index is 896. The molecule has 1 aliphatic rings. The summed E-state index contributed by atoms with van der Waals surface area (Å²) in [5.74, 6) is 2.43. The van der Waals surface area contributed by atoms with Gasteiger partial charge >= 0.3 is 0 Å². The van der Waals surface area contributed by atoms with Gasteiger partial charge in [0.15, 0.2) is 5.96 Å². The molecule has 0 saturated heterocycles. The predicted octanol–water partition coefficient (Wildman–Crippen LogP) is 2.63. The molecule has 0 spiro atoms. The number of carbonyl (C=O) groups excluding carboxylic acids is 1. The lowest BCUT2D eigenvalue weighted by atomic mass is 10.0. The van der Waals surface area contributed by atoms with Crippen LogP contribution in [0.15, 0.2) is 41.4 Å². The van der Waals surface area contributed by atoms with Crippen molar-refractivity contribution < 1.29 is 14.3 Å². The molecule has 29 heavy (non-hydrogen) atoms. The summed E-state index contributed by atoms with van der Waals surface area (Å²) in [6.45, 7) is 3.76. The minimum atomic E-state index is 0.0671. The number of aliphatic imine (C=N–C) groups is 1. The number of methoxy groups -OCH3 is 1. The van der Waals surface area contributed by atoms with Crippen molar-refractivity contribution in [3.8, 4) is 11.5 Å². The van der Waals surface area contributed by atoms with Crippen molar-refractivity contribution in [3.63, 3.8) is 0 Å². The number of ether oxygens (including phenoxy) is 2. The van der Waals surface area contributed by atoms with Crippen LogP contribution in [-0.4, -0.2) is 39.2 Å². The van der Waals surface area contributed by atoms with Crippen LogP contribution in [0.3, 0.4) is 0 Å². The van der Waals surface area contributed by atoms with Crippen LogP contribution in [0.1, 0.15) is 23.1 Å². The van der Waals surface area contributed by atoms with Gasteiger partial charge in [-0.05, 0) is 48.7 Å². The van der Waals surface area contributed by atoms with Crippen LogP contribution < -0.4 is 25.4 Å². The number of benzene rings is 2. The molecule has 0 aromatic heterocycles. The Kier molecular flexibility index (Phi) is 6.94. The second-order valence-corrected chi connectivity index (χ2v) is 6.88. The van der Waals surface area contributed by atoms with Gasteiger partial charge in [0.25, 0.3) is 0 Å². The molecule has 0 bridgehead atoms. The summed E-state index contributed by atoms with van der Waals surface area (Å²) in [7, 11) is 3.41. The Hall–Kier alpha value is -3.22. The molecule has 0 atom stereocenters. The molecule has 154 valence electrons. The summed E-state index contributed by atoms with van der Waals surface area (Å²) < 4.78 is 11.3. The van der Waals surface area contributed by atoms with Crippen molar-refractivity contribution in [3.05, 3.63) is 53.1 Å². The third kappa shape index (κ3) is 5.63. The van der Waals surface area contributed by atoms with Gasteiger partial charge in [-0.1, -0.05) is 12.1 Å². The Morgan fingerprint density at radius 2 is 2.03 bits per heavy atom. The molecular formula is C22H28N4O3. The summed E-state index contributed by atoms with van der Waals surface area (Å²) in [5.41, 5.74) is 4.22. The van der Waals surface area contributed by atoms with Crippen LogP contribution in [0.25, 0.3) is 0 Å². The van der Waals surface area contributed by atoms with Crippen LogP contribution in [-0.2, 0) is 17.8 Å². The molecule has 2 aromatic rings. The van der Waals surface area contributed by atoms with Gasteiger partial charge in [0.05, 0.1) is 13.7 Å². The molecule has 1 aliphatic heterocycles. The van der Waals surface area contributed by atoms with E-state index in [9.17, 15) is 4.79 Å². The van der Waals surface area contributed by atoms with Crippen molar-refractivity contribution in [1.29, 1.82) is 0 Å².